The van der Waals surface area contributed by atoms with Gasteiger partial charge in [0, 0.05) is 17.4 Å². The molecule has 94 valence electrons. The SMILES string of the molecule is CC(Nc1ccc(N)c(C(F)(F)F)c1)C1CC1. The van der Waals surface area contributed by atoms with Gasteiger partial charge in [0.25, 0.3) is 0 Å². The molecule has 0 aromatic heterocycles. The molecule has 17 heavy (non-hydrogen) atoms. The fourth-order valence-corrected chi connectivity index (χ4v) is 1.87. The second-order valence-electron chi connectivity index (χ2n) is 4.57. The molecule has 1 saturated carbocycles. The van der Waals surface area contributed by atoms with Crippen LogP contribution >= 0.6 is 0 Å². The molecule has 3 N–H and O–H groups in total. The molecule has 1 aromatic carbocycles. The molecule has 0 bridgehead atoms. The normalized spacial score (nSPS) is 17.9. The Morgan fingerprint density at radius 1 is 1.35 bits per heavy atom. The third-order valence-corrected chi connectivity index (χ3v) is 3.08. The summed E-state index contributed by atoms with van der Waals surface area (Å²) in [4.78, 5) is 0. The molecule has 0 aliphatic heterocycles. The Morgan fingerprint density at radius 2 is 2.00 bits per heavy atom. The van der Waals surface area contributed by atoms with Crippen LogP contribution in [-0.2, 0) is 6.18 Å². The van der Waals surface area contributed by atoms with Crippen molar-refractivity contribution in [3.63, 3.8) is 0 Å². The molecular weight excluding hydrogens is 229 g/mol. The number of benzene rings is 1. The minimum absolute atomic E-state index is 0.208. The predicted octanol–water partition coefficient (Wildman–Crippen LogP) is 3.50. The molecule has 1 fully saturated rings. The van der Waals surface area contributed by atoms with Gasteiger partial charge in [0.2, 0.25) is 0 Å². The highest BCUT2D eigenvalue weighted by atomic mass is 19.4. The second-order valence-corrected chi connectivity index (χ2v) is 4.57. The van der Waals surface area contributed by atoms with Crippen molar-refractivity contribution in [2.75, 3.05) is 11.1 Å². The van der Waals surface area contributed by atoms with Crippen LogP contribution in [0.4, 0.5) is 24.5 Å². The van der Waals surface area contributed by atoms with Crippen LogP contribution in [0, 0.1) is 5.92 Å². The van der Waals surface area contributed by atoms with Gasteiger partial charge in [0.05, 0.1) is 5.56 Å². The first-order valence-electron chi connectivity index (χ1n) is 5.61. The van der Waals surface area contributed by atoms with E-state index < -0.39 is 11.7 Å². The molecule has 5 heteroatoms. The highest BCUT2D eigenvalue weighted by molar-refractivity contribution is 5.58. The Bertz CT molecular complexity index is 411. The van der Waals surface area contributed by atoms with Crippen molar-refractivity contribution >= 4 is 11.4 Å². The summed E-state index contributed by atoms with van der Waals surface area (Å²) < 4.78 is 37.9. The average molecular weight is 244 g/mol. The zero-order chi connectivity index (χ0) is 12.6. The zero-order valence-corrected chi connectivity index (χ0v) is 9.51. The van der Waals surface area contributed by atoms with Crippen LogP contribution < -0.4 is 11.1 Å². The van der Waals surface area contributed by atoms with Gasteiger partial charge < -0.3 is 11.1 Å². The number of halogens is 3. The number of nitrogens with two attached hydrogens (primary N) is 1. The standard InChI is InChI=1S/C12H15F3N2/c1-7(8-2-3-8)17-9-4-5-11(16)10(6-9)12(13,14)15/h4-8,17H,2-3,16H2,1H3. The van der Waals surface area contributed by atoms with Crippen molar-refractivity contribution in [2.45, 2.75) is 32.0 Å². The van der Waals surface area contributed by atoms with Crippen molar-refractivity contribution in [1.82, 2.24) is 0 Å². The smallest absolute Gasteiger partial charge is 0.398 e. The molecule has 1 aliphatic carbocycles. The summed E-state index contributed by atoms with van der Waals surface area (Å²) in [6.07, 6.45) is -2.10. The highest BCUT2D eigenvalue weighted by Crippen LogP contribution is 2.37. The minimum atomic E-state index is -4.40. The van der Waals surface area contributed by atoms with Gasteiger partial charge in [-0.15, -0.1) is 0 Å². The Kier molecular flexibility index (Phi) is 2.93. The monoisotopic (exact) mass is 244 g/mol. The molecule has 0 amide bonds. The van der Waals surface area contributed by atoms with E-state index >= 15 is 0 Å². The Hall–Kier alpha value is -1.39. The number of rotatable bonds is 3. The van der Waals surface area contributed by atoms with Crippen LogP contribution in [0.15, 0.2) is 18.2 Å². The van der Waals surface area contributed by atoms with E-state index in [-0.39, 0.29) is 11.7 Å². The van der Waals surface area contributed by atoms with Crippen molar-refractivity contribution in [2.24, 2.45) is 5.92 Å². The largest absolute Gasteiger partial charge is 0.418 e. The maximum absolute atomic E-state index is 12.6. The lowest BCUT2D eigenvalue weighted by atomic mass is 10.1. The fourth-order valence-electron chi connectivity index (χ4n) is 1.87. The number of alkyl halides is 3. The van der Waals surface area contributed by atoms with Crippen LogP contribution in [0.1, 0.15) is 25.3 Å². The van der Waals surface area contributed by atoms with E-state index in [2.05, 4.69) is 5.32 Å². The number of nitrogen functional groups attached to an aromatic ring is 1. The summed E-state index contributed by atoms with van der Waals surface area (Å²) >= 11 is 0. The van der Waals surface area contributed by atoms with Crippen molar-refractivity contribution in [1.29, 1.82) is 0 Å². The fraction of sp³-hybridized carbons (Fsp3) is 0.500. The third-order valence-electron chi connectivity index (χ3n) is 3.08. The van der Waals surface area contributed by atoms with E-state index in [0.29, 0.717) is 11.6 Å². The van der Waals surface area contributed by atoms with Gasteiger partial charge >= 0.3 is 6.18 Å². The average Bonchev–Trinajstić information content (AvgIpc) is 3.02. The molecular formula is C12H15F3N2. The number of hydrogen-bond donors (Lipinski definition) is 2. The maximum atomic E-state index is 12.6. The lowest BCUT2D eigenvalue weighted by molar-refractivity contribution is -0.136. The molecule has 0 radical (unpaired) electrons. The topological polar surface area (TPSA) is 38.0 Å². The quantitative estimate of drug-likeness (QED) is 0.799. The summed E-state index contributed by atoms with van der Waals surface area (Å²) in [6.45, 7) is 1.99. The van der Waals surface area contributed by atoms with Crippen molar-refractivity contribution in [3.8, 4) is 0 Å². The Morgan fingerprint density at radius 3 is 2.53 bits per heavy atom. The van der Waals surface area contributed by atoms with Gasteiger partial charge in [0.1, 0.15) is 0 Å². The molecule has 1 aliphatic rings. The maximum Gasteiger partial charge on any atom is 0.418 e. The first-order chi connectivity index (χ1) is 7.88. The van der Waals surface area contributed by atoms with Gasteiger partial charge in [-0.1, -0.05) is 0 Å². The second kappa shape index (κ2) is 4.13. The Labute approximate surface area is 98.0 Å². The van der Waals surface area contributed by atoms with Crippen molar-refractivity contribution < 1.29 is 13.2 Å². The molecule has 1 atom stereocenters. The summed E-state index contributed by atoms with van der Waals surface area (Å²) in [6, 6.07) is 4.17. The molecule has 1 unspecified atom stereocenters. The summed E-state index contributed by atoms with van der Waals surface area (Å²) in [5.74, 6) is 0.585. The number of hydrogen-bond acceptors (Lipinski definition) is 2. The molecule has 2 nitrogen and oxygen atoms in total. The van der Waals surface area contributed by atoms with Gasteiger partial charge in [-0.25, -0.2) is 0 Å². The molecule has 0 heterocycles. The molecule has 0 saturated heterocycles. The lowest BCUT2D eigenvalue weighted by Gasteiger charge is -2.17. The van der Waals surface area contributed by atoms with E-state index in [4.69, 9.17) is 5.73 Å². The molecule has 1 aromatic rings. The molecule has 0 spiro atoms. The third kappa shape index (κ3) is 2.84. The van der Waals surface area contributed by atoms with E-state index in [9.17, 15) is 13.2 Å². The van der Waals surface area contributed by atoms with E-state index in [0.717, 1.165) is 18.9 Å². The van der Waals surface area contributed by atoms with Crippen LogP contribution in [0.3, 0.4) is 0 Å². The first kappa shape index (κ1) is 12.1. The highest BCUT2D eigenvalue weighted by Gasteiger charge is 2.33. The summed E-state index contributed by atoms with van der Waals surface area (Å²) in [5, 5.41) is 3.09. The van der Waals surface area contributed by atoms with E-state index in [1.165, 1.54) is 6.07 Å². The predicted molar refractivity (Wildman–Crippen MR) is 61.7 cm³/mol. The zero-order valence-electron chi connectivity index (χ0n) is 9.51. The summed E-state index contributed by atoms with van der Waals surface area (Å²) in [5.41, 5.74) is 4.80. The van der Waals surface area contributed by atoms with E-state index in [1.54, 1.807) is 6.07 Å². The lowest BCUT2D eigenvalue weighted by Crippen LogP contribution is -2.18. The Balaban J connectivity index is 2.18. The summed E-state index contributed by atoms with van der Waals surface area (Å²) in [7, 11) is 0. The van der Waals surface area contributed by atoms with E-state index in [1.807, 2.05) is 6.92 Å². The number of nitrogens with one attached hydrogen (secondary N) is 1. The van der Waals surface area contributed by atoms with Gasteiger partial charge in [-0.3, -0.25) is 0 Å². The van der Waals surface area contributed by atoms with Crippen molar-refractivity contribution in [3.05, 3.63) is 23.8 Å². The van der Waals surface area contributed by atoms with Gasteiger partial charge in [0.15, 0.2) is 0 Å². The van der Waals surface area contributed by atoms with Gasteiger partial charge in [-0.2, -0.15) is 13.2 Å². The van der Waals surface area contributed by atoms with Crippen LogP contribution in [0.25, 0.3) is 0 Å². The number of anilines is 2. The minimum Gasteiger partial charge on any atom is -0.398 e. The van der Waals surface area contributed by atoms with Crippen LogP contribution in [0.5, 0.6) is 0 Å². The van der Waals surface area contributed by atoms with Gasteiger partial charge in [-0.05, 0) is 43.9 Å². The van der Waals surface area contributed by atoms with Crippen LogP contribution in [-0.4, -0.2) is 6.04 Å². The molecule has 2 rings (SSSR count). The van der Waals surface area contributed by atoms with Crippen LogP contribution in [0.2, 0.25) is 0 Å². The first-order valence-corrected chi connectivity index (χ1v) is 5.61.